The third-order valence-corrected chi connectivity index (χ3v) is 12.8. The second kappa shape index (κ2) is 12.4. The summed E-state index contributed by atoms with van der Waals surface area (Å²) in [5, 5.41) is 17.2. The smallest absolute Gasteiger partial charge is 0.143 e. The molecule has 0 radical (unpaired) electrons. The Morgan fingerprint density at radius 2 is 0.712 bits per heavy atom. The highest BCUT2D eigenvalue weighted by Gasteiger charge is 2.23. The number of rotatable bonds is 4. The minimum Gasteiger partial charge on any atom is -0.455 e. The molecule has 0 saturated heterocycles. The van der Waals surface area contributed by atoms with E-state index in [2.05, 4.69) is 206 Å². The molecular formula is C58H34O. The van der Waals surface area contributed by atoms with Crippen LogP contribution in [0.2, 0.25) is 0 Å². The van der Waals surface area contributed by atoms with Gasteiger partial charge < -0.3 is 4.42 Å². The first kappa shape index (κ1) is 32.4. The van der Waals surface area contributed by atoms with E-state index in [9.17, 15) is 0 Å². The molecule has 0 bridgehead atoms. The van der Waals surface area contributed by atoms with Gasteiger partial charge in [-0.25, -0.2) is 0 Å². The normalized spacial score (nSPS) is 12.1. The predicted molar refractivity (Wildman–Crippen MR) is 252 cm³/mol. The standard InChI is InChI=1S/C58H34O/c1-2-11-36(12-3-1)42-25-21-38-24-28-50-48(26-22-39-23-27-49(42)54(38)55(39)50)51-32-33-52(58-56(51)53-29-20-37-13-6-7-15-44(37)57(53)59-58)47-31-30-43(45-16-8-9-17-46(45)47)41-19-18-35-10-4-5-14-40(35)34-41/h1-34H. The van der Waals surface area contributed by atoms with E-state index in [1.165, 1.54) is 92.6 Å². The first-order chi connectivity index (χ1) is 29.3. The molecule has 1 nitrogen and oxygen atoms in total. The lowest BCUT2D eigenvalue weighted by Gasteiger charge is -2.17. The van der Waals surface area contributed by atoms with Crippen LogP contribution in [0.5, 0.6) is 0 Å². The van der Waals surface area contributed by atoms with Crippen molar-refractivity contribution in [3.05, 3.63) is 206 Å². The summed E-state index contributed by atoms with van der Waals surface area (Å²) in [6, 6.07) is 75.7. The van der Waals surface area contributed by atoms with Gasteiger partial charge in [-0.3, -0.25) is 0 Å². The van der Waals surface area contributed by atoms with Gasteiger partial charge in [-0.15, -0.1) is 0 Å². The maximum absolute atomic E-state index is 7.22. The molecule has 13 aromatic rings. The number of fused-ring (bicyclic) bond motifs is 7. The lowest BCUT2D eigenvalue weighted by Crippen LogP contribution is -1.91. The Balaban J connectivity index is 1.09. The van der Waals surface area contributed by atoms with Gasteiger partial charge >= 0.3 is 0 Å². The van der Waals surface area contributed by atoms with Gasteiger partial charge in [0.25, 0.3) is 0 Å². The lowest BCUT2D eigenvalue weighted by molar-refractivity contribution is 0.674. The fourth-order valence-corrected chi connectivity index (χ4v) is 10.1. The van der Waals surface area contributed by atoms with Crippen LogP contribution < -0.4 is 0 Å². The molecule has 12 aromatic carbocycles. The van der Waals surface area contributed by atoms with E-state index in [0.29, 0.717) is 0 Å². The molecule has 0 aliphatic rings. The SMILES string of the molecule is c1ccc(-c2ccc3ccc4c(-c5ccc(-c6ccc(-c7ccc8ccccc8c7)c7ccccc67)c6oc7c8ccccc8ccc7c56)ccc5ccc2c3c54)cc1. The van der Waals surface area contributed by atoms with E-state index >= 15 is 0 Å². The third kappa shape index (κ3) is 4.73. The van der Waals surface area contributed by atoms with Crippen LogP contribution in [0.15, 0.2) is 211 Å². The summed E-state index contributed by atoms with van der Waals surface area (Å²) >= 11 is 0. The zero-order valence-corrected chi connectivity index (χ0v) is 32.0. The number of hydrogen-bond donors (Lipinski definition) is 0. The molecule has 1 heterocycles. The summed E-state index contributed by atoms with van der Waals surface area (Å²) in [6.45, 7) is 0. The maximum atomic E-state index is 7.22. The topological polar surface area (TPSA) is 13.1 Å². The fourth-order valence-electron chi connectivity index (χ4n) is 10.1. The van der Waals surface area contributed by atoms with E-state index in [4.69, 9.17) is 4.42 Å². The summed E-state index contributed by atoms with van der Waals surface area (Å²) in [4.78, 5) is 0. The molecule has 0 fully saturated rings. The second-order valence-electron chi connectivity index (χ2n) is 15.9. The summed E-state index contributed by atoms with van der Waals surface area (Å²) in [5.74, 6) is 0. The molecule has 0 unspecified atom stereocenters. The molecule has 13 rings (SSSR count). The Kier molecular flexibility index (Phi) is 6.79. The molecule has 0 spiro atoms. The van der Waals surface area contributed by atoms with Crippen molar-refractivity contribution in [2.45, 2.75) is 0 Å². The molecule has 0 saturated carbocycles. The molecule has 1 heteroatoms. The van der Waals surface area contributed by atoms with E-state index in [1.807, 2.05) is 0 Å². The first-order valence-electron chi connectivity index (χ1n) is 20.4. The van der Waals surface area contributed by atoms with Crippen molar-refractivity contribution < 1.29 is 4.42 Å². The summed E-state index contributed by atoms with van der Waals surface area (Å²) in [6.07, 6.45) is 0. The molecule has 0 N–H and O–H groups in total. The minimum absolute atomic E-state index is 0.912. The van der Waals surface area contributed by atoms with Gasteiger partial charge in [0.15, 0.2) is 0 Å². The second-order valence-corrected chi connectivity index (χ2v) is 15.9. The van der Waals surface area contributed by atoms with Crippen molar-refractivity contribution in [1.29, 1.82) is 0 Å². The van der Waals surface area contributed by atoms with Crippen LogP contribution in [-0.2, 0) is 0 Å². The summed E-state index contributed by atoms with van der Waals surface area (Å²) < 4.78 is 7.22. The number of benzene rings is 12. The predicted octanol–water partition coefficient (Wildman–Crippen LogP) is 16.6. The van der Waals surface area contributed by atoms with E-state index < -0.39 is 0 Å². The van der Waals surface area contributed by atoms with Crippen LogP contribution >= 0.6 is 0 Å². The van der Waals surface area contributed by atoms with Gasteiger partial charge in [-0.05, 0) is 116 Å². The molecule has 1 aromatic heterocycles. The van der Waals surface area contributed by atoms with Crippen LogP contribution in [0, 0.1) is 0 Å². The van der Waals surface area contributed by atoms with Crippen LogP contribution in [0.25, 0.3) is 131 Å². The third-order valence-electron chi connectivity index (χ3n) is 12.8. The molecule has 0 amide bonds. The van der Waals surface area contributed by atoms with Gasteiger partial charge in [0.05, 0.1) is 0 Å². The van der Waals surface area contributed by atoms with Crippen LogP contribution in [0.1, 0.15) is 0 Å². The Labute approximate surface area is 340 Å². The molecule has 0 aliphatic heterocycles. The van der Waals surface area contributed by atoms with E-state index in [1.54, 1.807) is 0 Å². The molecule has 59 heavy (non-hydrogen) atoms. The van der Waals surface area contributed by atoms with E-state index in [0.717, 1.165) is 38.5 Å². The highest BCUT2D eigenvalue weighted by Crippen LogP contribution is 2.49. The molecule has 272 valence electrons. The lowest BCUT2D eigenvalue weighted by atomic mass is 9.85. The van der Waals surface area contributed by atoms with Crippen molar-refractivity contribution in [3.63, 3.8) is 0 Å². The van der Waals surface area contributed by atoms with Crippen LogP contribution in [0.3, 0.4) is 0 Å². The van der Waals surface area contributed by atoms with Gasteiger partial charge in [0, 0.05) is 21.7 Å². The summed E-state index contributed by atoms with van der Waals surface area (Å²) in [7, 11) is 0. The van der Waals surface area contributed by atoms with Crippen molar-refractivity contribution in [2.24, 2.45) is 0 Å². The highest BCUT2D eigenvalue weighted by molar-refractivity contribution is 6.30. The van der Waals surface area contributed by atoms with Crippen LogP contribution in [-0.4, -0.2) is 0 Å². The highest BCUT2D eigenvalue weighted by atomic mass is 16.3. The van der Waals surface area contributed by atoms with Gasteiger partial charge in [-0.1, -0.05) is 188 Å². The fraction of sp³-hybridized carbons (Fsp3) is 0. The number of hydrogen-bond acceptors (Lipinski definition) is 1. The largest absolute Gasteiger partial charge is 0.455 e. The van der Waals surface area contributed by atoms with Crippen molar-refractivity contribution >= 4 is 86.6 Å². The average molecular weight is 747 g/mol. The first-order valence-corrected chi connectivity index (χ1v) is 20.4. The molecule has 0 atom stereocenters. The van der Waals surface area contributed by atoms with E-state index in [-0.39, 0.29) is 0 Å². The minimum atomic E-state index is 0.912. The molecular weight excluding hydrogens is 713 g/mol. The van der Waals surface area contributed by atoms with Crippen molar-refractivity contribution in [1.82, 2.24) is 0 Å². The zero-order chi connectivity index (χ0) is 38.6. The maximum Gasteiger partial charge on any atom is 0.143 e. The molecule has 0 aliphatic carbocycles. The van der Waals surface area contributed by atoms with Gasteiger partial charge in [0.2, 0.25) is 0 Å². The van der Waals surface area contributed by atoms with Gasteiger partial charge in [0.1, 0.15) is 11.2 Å². The Morgan fingerprint density at radius 1 is 0.220 bits per heavy atom. The van der Waals surface area contributed by atoms with Crippen LogP contribution in [0.4, 0.5) is 0 Å². The van der Waals surface area contributed by atoms with Crippen molar-refractivity contribution in [2.75, 3.05) is 0 Å². The summed E-state index contributed by atoms with van der Waals surface area (Å²) in [5.41, 5.74) is 11.4. The Hall–Kier alpha value is -7.74. The monoisotopic (exact) mass is 746 g/mol. The Bertz CT molecular complexity index is 3830. The number of furan rings is 1. The Morgan fingerprint density at radius 3 is 1.51 bits per heavy atom. The average Bonchev–Trinajstić information content (AvgIpc) is 3.71. The zero-order valence-electron chi connectivity index (χ0n) is 32.0. The van der Waals surface area contributed by atoms with Crippen molar-refractivity contribution in [3.8, 4) is 44.5 Å². The van der Waals surface area contributed by atoms with Gasteiger partial charge in [-0.2, -0.15) is 0 Å². The quantitative estimate of drug-likeness (QED) is 0.164.